The van der Waals surface area contributed by atoms with Gasteiger partial charge in [0.25, 0.3) is 5.91 Å². The second kappa shape index (κ2) is 11.0. The molecule has 0 saturated heterocycles. The molecule has 0 aliphatic rings. The Kier molecular flexibility index (Phi) is 8.72. The second-order valence-electron chi connectivity index (χ2n) is 7.63. The highest BCUT2D eigenvalue weighted by Gasteiger charge is 2.27. The van der Waals surface area contributed by atoms with Crippen LogP contribution in [0.15, 0.2) is 42.5 Å². The first-order valence-electron chi connectivity index (χ1n) is 10.3. The number of ether oxygens (including phenoxy) is 1. The van der Waals surface area contributed by atoms with Crippen molar-refractivity contribution < 1.29 is 14.3 Å². The fraction of sp³-hybridized carbons (Fsp3) is 0.417. The van der Waals surface area contributed by atoms with Crippen molar-refractivity contribution in [1.82, 2.24) is 10.2 Å². The molecule has 0 aliphatic carbocycles. The second-order valence-corrected chi connectivity index (χ2v) is 8.07. The van der Waals surface area contributed by atoms with Gasteiger partial charge in [0.15, 0.2) is 6.61 Å². The van der Waals surface area contributed by atoms with Crippen molar-refractivity contribution in [2.45, 2.75) is 59.7 Å². The van der Waals surface area contributed by atoms with Crippen molar-refractivity contribution in [3.8, 4) is 5.75 Å². The molecule has 2 atom stereocenters. The quantitative estimate of drug-likeness (QED) is 0.629. The molecule has 0 fully saturated rings. The Morgan fingerprint density at radius 2 is 1.77 bits per heavy atom. The average molecular weight is 431 g/mol. The molecule has 0 heterocycles. The number of nitrogens with one attached hydrogen (secondary N) is 1. The Hall–Kier alpha value is -2.53. The number of nitrogens with zero attached hydrogens (tertiary/aromatic N) is 1. The third kappa shape index (κ3) is 6.49. The van der Waals surface area contributed by atoms with Crippen LogP contribution in [0, 0.1) is 13.8 Å². The number of amides is 2. The van der Waals surface area contributed by atoms with Gasteiger partial charge in [-0.15, -0.1) is 0 Å². The highest BCUT2D eigenvalue weighted by Crippen LogP contribution is 2.21. The van der Waals surface area contributed by atoms with E-state index in [1.807, 2.05) is 58.0 Å². The fourth-order valence-corrected chi connectivity index (χ4v) is 3.06. The lowest BCUT2D eigenvalue weighted by atomic mass is 10.1. The number of halogens is 1. The summed E-state index contributed by atoms with van der Waals surface area (Å²) in [4.78, 5) is 27.3. The van der Waals surface area contributed by atoms with Gasteiger partial charge in [-0.1, -0.05) is 42.8 Å². The summed E-state index contributed by atoms with van der Waals surface area (Å²) in [6, 6.07) is 12.4. The zero-order chi connectivity index (χ0) is 22.3. The maximum Gasteiger partial charge on any atom is 0.261 e. The zero-order valence-corrected chi connectivity index (χ0v) is 19.1. The molecule has 0 spiro atoms. The largest absolute Gasteiger partial charge is 0.483 e. The first-order chi connectivity index (χ1) is 14.2. The molecule has 2 amide bonds. The average Bonchev–Trinajstić information content (AvgIpc) is 2.73. The normalized spacial score (nSPS) is 12.7. The van der Waals surface area contributed by atoms with Gasteiger partial charge in [-0.25, -0.2) is 0 Å². The standard InChI is InChI=1S/C24H31ClN2O3/c1-6-17(3)26-24(29)19(5)27(14-20-10-12-21(25)13-11-20)23(28)15-30-22-9-7-8-16(2)18(22)4/h7-13,17,19H,6,14-15H2,1-5H3,(H,26,29)/t17-,19+/m1/s1. The molecule has 0 radical (unpaired) electrons. The monoisotopic (exact) mass is 430 g/mol. The predicted molar refractivity (Wildman–Crippen MR) is 121 cm³/mol. The molecule has 1 N–H and O–H groups in total. The molecule has 30 heavy (non-hydrogen) atoms. The molecule has 0 aliphatic heterocycles. The zero-order valence-electron chi connectivity index (χ0n) is 18.4. The Morgan fingerprint density at radius 3 is 2.40 bits per heavy atom. The topological polar surface area (TPSA) is 58.6 Å². The maximum absolute atomic E-state index is 13.1. The van der Waals surface area contributed by atoms with E-state index in [1.54, 1.807) is 24.0 Å². The molecule has 2 aromatic rings. The van der Waals surface area contributed by atoms with Gasteiger partial charge in [0, 0.05) is 17.6 Å². The fourth-order valence-electron chi connectivity index (χ4n) is 2.94. The van der Waals surface area contributed by atoms with Crippen molar-refractivity contribution in [1.29, 1.82) is 0 Å². The van der Waals surface area contributed by atoms with E-state index in [0.717, 1.165) is 23.1 Å². The highest BCUT2D eigenvalue weighted by molar-refractivity contribution is 6.30. The molecule has 0 saturated carbocycles. The summed E-state index contributed by atoms with van der Waals surface area (Å²) >= 11 is 5.98. The van der Waals surface area contributed by atoms with Crippen LogP contribution in [0.2, 0.25) is 5.02 Å². The lowest BCUT2D eigenvalue weighted by Crippen LogP contribution is -2.50. The number of carbonyl (C=O) groups is 2. The van der Waals surface area contributed by atoms with Gasteiger partial charge < -0.3 is 15.0 Å². The summed E-state index contributed by atoms with van der Waals surface area (Å²) in [6.45, 7) is 9.80. The van der Waals surface area contributed by atoms with Crippen molar-refractivity contribution in [2.75, 3.05) is 6.61 Å². The van der Waals surface area contributed by atoms with Gasteiger partial charge >= 0.3 is 0 Å². The molecule has 0 bridgehead atoms. The maximum atomic E-state index is 13.1. The van der Waals surface area contributed by atoms with E-state index in [2.05, 4.69) is 5.32 Å². The van der Waals surface area contributed by atoms with E-state index in [1.165, 1.54) is 0 Å². The smallest absolute Gasteiger partial charge is 0.261 e. The Morgan fingerprint density at radius 1 is 1.10 bits per heavy atom. The number of carbonyl (C=O) groups excluding carboxylic acids is 2. The van der Waals surface area contributed by atoms with E-state index in [0.29, 0.717) is 17.3 Å². The van der Waals surface area contributed by atoms with Crippen LogP contribution in [0.1, 0.15) is 43.9 Å². The number of hydrogen-bond donors (Lipinski definition) is 1. The van der Waals surface area contributed by atoms with Gasteiger partial charge in [0.1, 0.15) is 11.8 Å². The van der Waals surface area contributed by atoms with E-state index in [-0.39, 0.29) is 24.5 Å². The molecule has 2 aromatic carbocycles. The Balaban J connectivity index is 2.17. The van der Waals surface area contributed by atoms with E-state index in [9.17, 15) is 9.59 Å². The SMILES string of the molecule is CC[C@@H](C)NC(=O)[C@H](C)N(Cc1ccc(Cl)cc1)C(=O)COc1cccc(C)c1C. The molecule has 162 valence electrons. The van der Waals surface area contributed by atoms with E-state index >= 15 is 0 Å². The van der Waals surface area contributed by atoms with Gasteiger partial charge in [-0.2, -0.15) is 0 Å². The highest BCUT2D eigenvalue weighted by atomic mass is 35.5. The minimum Gasteiger partial charge on any atom is -0.483 e. The summed E-state index contributed by atoms with van der Waals surface area (Å²) < 4.78 is 5.81. The first-order valence-corrected chi connectivity index (χ1v) is 10.6. The van der Waals surface area contributed by atoms with Crippen LogP contribution >= 0.6 is 11.6 Å². The van der Waals surface area contributed by atoms with Gasteiger partial charge in [0.05, 0.1) is 0 Å². The number of rotatable bonds is 9. The van der Waals surface area contributed by atoms with Crippen LogP contribution in [0.5, 0.6) is 5.75 Å². The summed E-state index contributed by atoms with van der Waals surface area (Å²) in [5, 5.41) is 3.58. The Bertz CT molecular complexity index is 867. The lowest BCUT2D eigenvalue weighted by molar-refractivity contribution is -0.142. The summed E-state index contributed by atoms with van der Waals surface area (Å²) in [5.41, 5.74) is 2.99. The summed E-state index contributed by atoms with van der Waals surface area (Å²) in [7, 11) is 0. The summed E-state index contributed by atoms with van der Waals surface area (Å²) in [5.74, 6) is 0.238. The van der Waals surface area contributed by atoms with Gasteiger partial charge in [-0.3, -0.25) is 9.59 Å². The van der Waals surface area contributed by atoms with Gasteiger partial charge in [-0.05, 0) is 69.0 Å². The number of aryl methyl sites for hydroxylation is 1. The third-order valence-electron chi connectivity index (χ3n) is 5.34. The lowest BCUT2D eigenvalue weighted by Gasteiger charge is -2.29. The van der Waals surface area contributed by atoms with Crippen LogP contribution in [-0.4, -0.2) is 35.4 Å². The number of benzene rings is 2. The molecule has 5 nitrogen and oxygen atoms in total. The minimum absolute atomic E-state index is 0.0404. The Labute approximate surface area is 184 Å². The molecule has 0 unspecified atom stereocenters. The summed E-state index contributed by atoms with van der Waals surface area (Å²) in [6.07, 6.45) is 0.819. The van der Waals surface area contributed by atoms with Crippen LogP contribution in [0.4, 0.5) is 0 Å². The molecular weight excluding hydrogens is 400 g/mol. The third-order valence-corrected chi connectivity index (χ3v) is 5.59. The van der Waals surface area contributed by atoms with E-state index < -0.39 is 6.04 Å². The van der Waals surface area contributed by atoms with Gasteiger partial charge in [0.2, 0.25) is 5.91 Å². The minimum atomic E-state index is -0.635. The van der Waals surface area contributed by atoms with Crippen molar-refractivity contribution in [3.05, 3.63) is 64.2 Å². The van der Waals surface area contributed by atoms with Crippen molar-refractivity contribution >= 4 is 23.4 Å². The van der Waals surface area contributed by atoms with Crippen LogP contribution in [-0.2, 0) is 16.1 Å². The van der Waals surface area contributed by atoms with E-state index in [4.69, 9.17) is 16.3 Å². The number of hydrogen-bond acceptors (Lipinski definition) is 3. The van der Waals surface area contributed by atoms with Crippen LogP contribution in [0.3, 0.4) is 0 Å². The first kappa shape index (κ1) is 23.7. The van der Waals surface area contributed by atoms with Crippen LogP contribution < -0.4 is 10.1 Å². The predicted octanol–water partition coefficient (Wildman–Crippen LogP) is 4.67. The molecule has 2 rings (SSSR count). The van der Waals surface area contributed by atoms with Crippen LogP contribution in [0.25, 0.3) is 0 Å². The van der Waals surface area contributed by atoms with Crippen molar-refractivity contribution in [2.24, 2.45) is 0 Å². The molecular formula is C24H31ClN2O3. The van der Waals surface area contributed by atoms with Crippen molar-refractivity contribution in [3.63, 3.8) is 0 Å². The molecule has 6 heteroatoms. The molecule has 0 aromatic heterocycles.